The number of nitrogens with one attached hydrogen (secondary N) is 1. The largest absolute Gasteiger partial charge is 0.483 e. The van der Waals surface area contributed by atoms with E-state index in [2.05, 4.69) is 55.9 Å². The van der Waals surface area contributed by atoms with Crippen LogP contribution in [0.1, 0.15) is 46.6 Å². The molecule has 0 fully saturated rings. The quantitative estimate of drug-likeness (QED) is 0.770. The molecule has 0 aliphatic carbocycles. The van der Waals surface area contributed by atoms with Crippen molar-refractivity contribution >= 4 is 21.8 Å². The van der Waals surface area contributed by atoms with Gasteiger partial charge in [0.15, 0.2) is 6.61 Å². The third kappa shape index (κ3) is 7.27. The molecule has 1 amide bonds. The molecule has 0 unspecified atom stereocenters. The molecule has 22 heavy (non-hydrogen) atoms. The normalized spacial score (nSPS) is 12.3. The summed E-state index contributed by atoms with van der Waals surface area (Å²) < 4.78 is 6.46. The first-order valence-corrected chi connectivity index (χ1v) is 8.22. The fourth-order valence-electron chi connectivity index (χ4n) is 2.70. The summed E-state index contributed by atoms with van der Waals surface area (Å²) in [5.74, 6) is 0.205. The number of benzene rings is 1. The predicted molar refractivity (Wildman–Crippen MR) is 93.8 cm³/mol. The lowest BCUT2D eigenvalue weighted by atomic mass is 9.82. The summed E-state index contributed by atoms with van der Waals surface area (Å²) in [4.78, 5) is 10.9. The lowest BCUT2D eigenvalue weighted by molar-refractivity contribution is -0.119. The fourth-order valence-corrected chi connectivity index (χ4v) is 3.11. The van der Waals surface area contributed by atoms with E-state index in [1.54, 1.807) is 0 Å². The standard InChI is InChI=1S/C17H27BrN2O2/c1-16(2,3)11-17(4,5)20-9-12-8-13(18)6-7-14(12)22-10-15(19)21/h6-8,20H,9-11H2,1-5H3,(H2,19,21). The molecule has 0 radical (unpaired) electrons. The van der Waals surface area contributed by atoms with Gasteiger partial charge >= 0.3 is 0 Å². The molecule has 0 heterocycles. The molecule has 0 aliphatic heterocycles. The van der Waals surface area contributed by atoms with Crippen LogP contribution in [0.2, 0.25) is 0 Å². The van der Waals surface area contributed by atoms with Gasteiger partial charge in [0, 0.05) is 22.1 Å². The van der Waals surface area contributed by atoms with E-state index in [-0.39, 0.29) is 17.6 Å². The SMILES string of the molecule is CC(C)(C)CC(C)(C)NCc1cc(Br)ccc1OCC(N)=O. The zero-order valence-corrected chi connectivity index (χ0v) is 15.7. The predicted octanol–water partition coefficient (Wildman–Crippen LogP) is 3.62. The average molecular weight is 371 g/mol. The van der Waals surface area contributed by atoms with Crippen LogP contribution in [0.3, 0.4) is 0 Å². The topological polar surface area (TPSA) is 64.3 Å². The summed E-state index contributed by atoms with van der Waals surface area (Å²) in [6.07, 6.45) is 1.05. The second-order valence-corrected chi connectivity index (χ2v) is 8.40. The van der Waals surface area contributed by atoms with Gasteiger partial charge in [0.1, 0.15) is 5.75 Å². The summed E-state index contributed by atoms with van der Waals surface area (Å²) in [7, 11) is 0. The number of nitrogens with two attached hydrogens (primary N) is 1. The highest BCUT2D eigenvalue weighted by molar-refractivity contribution is 9.10. The molecule has 0 aromatic heterocycles. The summed E-state index contributed by atoms with van der Waals surface area (Å²) in [5, 5.41) is 3.57. The Morgan fingerprint density at radius 3 is 2.45 bits per heavy atom. The molecule has 0 spiro atoms. The van der Waals surface area contributed by atoms with Crippen LogP contribution in [-0.2, 0) is 11.3 Å². The van der Waals surface area contributed by atoms with E-state index < -0.39 is 5.91 Å². The van der Waals surface area contributed by atoms with E-state index in [4.69, 9.17) is 10.5 Å². The zero-order chi connectivity index (χ0) is 17.0. The highest BCUT2D eigenvalue weighted by Gasteiger charge is 2.25. The lowest BCUT2D eigenvalue weighted by Crippen LogP contribution is -2.41. The summed E-state index contributed by atoms with van der Waals surface area (Å²) in [5.41, 5.74) is 6.39. The van der Waals surface area contributed by atoms with Gasteiger partial charge in [0.25, 0.3) is 5.91 Å². The molecule has 124 valence electrons. The van der Waals surface area contributed by atoms with E-state index >= 15 is 0 Å². The lowest BCUT2D eigenvalue weighted by Gasteiger charge is -2.33. The van der Waals surface area contributed by atoms with Crippen LogP contribution in [-0.4, -0.2) is 18.1 Å². The molecule has 1 rings (SSSR count). The Bertz CT molecular complexity index is 522. The van der Waals surface area contributed by atoms with Crippen molar-refractivity contribution in [2.75, 3.05) is 6.61 Å². The van der Waals surface area contributed by atoms with Gasteiger partial charge in [0.05, 0.1) is 0 Å². The van der Waals surface area contributed by atoms with Gasteiger partial charge in [-0.25, -0.2) is 0 Å². The molecule has 0 bridgehead atoms. The molecule has 5 heteroatoms. The molecule has 0 saturated carbocycles. The van der Waals surface area contributed by atoms with Gasteiger partial charge in [-0.2, -0.15) is 0 Å². The Morgan fingerprint density at radius 1 is 1.27 bits per heavy atom. The van der Waals surface area contributed by atoms with Crippen molar-refractivity contribution in [1.29, 1.82) is 0 Å². The Hall–Kier alpha value is -1.07. The van der Waals surface area contributed by atoms with Crippen LogP contribution >= 0.6 is 15.9 Å². The number of amides is 1. The molecule has 1 aromatic rings. The van der Waals surface area contributed by atoms with Crippen LogP contribution in [0.5, 0.6) is 5.75 Å². The number of ether oxygens (including phenoxy) is 1. The highest BCUT2D eigenvalue weighted by atomic mass is 79.9. The average Bonchev–Trinajstić information content (AvgIpc) is 2.32. The molecular weight excluding hydrogens is 344 g/mol. The monoisotopic (exact) mass is 370 g/mol. The molecule has 0 saturated heterocycles. The maximum Gasteiger partial charge on any atom is 0.255 e. The van der Waals surface area contributed by atoms with E-state index in [1.807, 2.05) is 18.2 Å². The third-order valence-corrected chi connectivity index (χ3v) is 3.62. The van der Waals surface area contributed by atoms with Crippen molar-refractivity contribution in [3.05, 3.63) is 28.2 Å². The van der Waals surface area contributed by atoms with Crippen LogP contribution in [0.15, 0.2) is 22.7 Å². The van der Waals surface area contributed by atoms with E-state index in [0.29, 0.717) is 12.3 Å². The molecular formula is C17H27BrN2O2. The molecule has 0 atom stereocenters. The van der Waals surface area contributed by atoms with Crippen molar-refractivity contribution in [1.82, 2.24) is 5.32 Å². The molecule has 1 aromatic carbocycles. The van der Waals surface area contributed by atoms with E-state index in [1.165, 1.54) is 0 Å². The van der Waals surface area contributed by atoms with Crippen molar-refractivity contribution in [3.63, 3.8) is 0 Å². The van der Waals surface area contributed by atoms with Gasteiger partial charge in [-0.05, 0) is 43.9 Å². The van der Waals surface area contributed by atoms with Gasteiger partial charge in [0.2, 0.25) is 0 Å². The Morgan fingerprint density at radius 2 is 1.91 bits per heavy atom. The summed E-state index contributed by atoms with van der Waals surface area (Å²) in [6, 6.07) is 5.73. The number of halogens is 1. The number of rotatable bonds is 7. The van der Waals surface area contributed by atoms with Gasteiger partial charge < -0.3 is 15.8 Å². The minimum atomic E-state index is -0.477. The number of carbonyl (C=O) groups excluding carboxylic acids is 1. The second kappa shape index (κ2) is 7.47. The van der Waals surface area contributed by atoms with Gasteiger partial charge in [-0.3, -0.25) is 4.79 Å². The summed E-state index contributed by atoms with van der Waals surface area (Å²) in [6.45, 7) is 11.6. The van der Waals surface area contributed by atoms with Crippen LogP contribution in [0.25, 0.3) is 0 Å². The van der Waals surface area contributed by atoms with E-state index in [9.17, 15) is 4.79 Å². The zero-order valence-electron chi connectivity index (χ0n) is 14.1. The minimum absolute atomic E-state index is 0.00151. The number of carbonyl (C=O) groups is 1. The van der Waals surface area contributed by atoms with Crippen molar-refractivity contribution in [3.8, 4) is 5.75 Å². The smallest absolute Gasteiger partial charge is 0.255 e. The Kier molecular flexibility index (Phi) is 6.44. The van der Waals surface area contributed by atoms with Crippen molar-refractivity contribution in [2.45, 2.75) is 53.1 Å². The second-order valence-electron chi connectivity index (χ2n) is 7.48. The Balaban J connectivity index is 2.79. The highest BCUT2D eigenvalue weighted by Crippen LogP contribution is 2.28. The first kappa shape index (κ1) is 19.0. The van der Waals surface area contributed by atoms with Crippen molar-refractivity contribution in [2.24, 2.45) is 11.1 Å². The van der Waals surface area contributed by atoms with Crippen LogP contribution in [0, 0.1) is 5.41 Å². The maximum absolute atomic E-state index is 10.9. The third-order valence-electron chi connectivity index (χ3n) is 3.12. The minimum Gasteiger partial charge on any atom is -0.483 e. The fraction of sp³-hybridized carbons (Fsp3) is 0.588. The molecule has 4 nitrogen and oxygen atoms in total. The molecule has 3 N–H and O–H groups in total. The first-order valence-electron chi connectivity index (χ1n) is 7.43. The number of primary amides is 1. The number of hydrogen-bond acceptors (Lipinski definition) is 3. The van der Waals surface area contributed by atoms with Gasteiger partial charge in [-0.15, -0.1) is 0 Å². The maximum atomic E-state index is 10.9. The first-order chi connectivity index (χ1) is 9.98. The van der Waals surface area contributed by atoms with Crippen LogP contribution < -0.4 is 15.8 Å². The number of hydrogen-bond donors (Lipinski definition) is 2. The van der Waals surface area contributed by atoms with Gasteiger partial charge in [-0.1, -0.05) is 36.7 Å². The van der Waals surface area contributed by atoms with Crippen molar-refractivity contribution < 1.29 is 9.53 Å². The Labute approximate surface area is 141 Å². The van der Waals surface area contributed by atoms with Crippen LogP contribution in [0.4, 0.5) is 0 Å². The molecule has 0 aliphatic rings. The summed E-state index contributed by atoms with van der Waals surface area (Å²) >= 11 is 3.47. The van der Waals surface area contributed by atoms with E-state index in [0.717, 1.165) is 16.5 Å².